The molecule has 0 unspecified atom stereocenters. The molecule has 1 aromatic heterocycles. The number of piperidine rings is 1. The van der Waals surface area contributed by atoms with Crippen LogP contribution in [0.25, 0.3) is 11.4 Å². The third kappa shape index (κ3) is 2.75. The molecule has 5 nitrogen and oxygen atoms in total. The van der Waals surface area contributed by atoms with Gasteiger partial charge >= 0.3 is 0 Å². The van der Waals surface area contributed by atoms with Crippen molar-refractivity contribution in [3.05, 3.63) is 33.6 Å². The molecule has 2 N–H and O–H groups in total. The summed E-state index contributed by atoms with van der Waals surface area (Å²) in [5.41, 5.74) is 2.14. The smallest absolute Gasteiger partial charge is 0.259 e. The van der Waals surface area contributed by atoms with Crippen LogP contribution in [0, 0.1) is 13.8 Å². The molecule has 0 amide bonds. The van der Waals surface area contributed by atoms with E-state index in [4.69, 9.17) is 4.52 Å². The van der Waals surface area contributed by atoms with Gasteiger partial charge in [-0.25, -0.2) is 0 Å². The van der Waals surface area contributed by atoms with Crippen molar-refractivity contribution in [2.75, 3.05) is 13.1 Å². The van der Waals surface area contributed by atoms with Gasteiger partial charge in [-0.3, -0.25) is 0 Å². The summed E-state index contributed by atoms with van der Waals surface area (Å²) in [4.78, 5) is 4.42. The Morgan fingerprint density at radius 1 is 1.24 bits per heavy atom. The second-order valence-electron chi connectivity index (χ2n) is 5.63. The number of benzene rings is 1. The average Bonchev–Trinajstić information content (AvgIpc) is 2.95. The maximum absolute atomic E-state index is 10.6. The van der Waals surface area contributed by atoms with Gasteiger partial charge in [0, 0.05) is 10.0 Å². The van der Waals surface area contributed by atoms with Gasteiger partial charge in [-0.1, -0.05) is 21.1 Å². The molecule has 0 aliphatic carbocycles. The van der Waals surface area contributed by atoms with Crippen LogP contribution in [-0.4, -0.2) is 28.3 Å². The van der Waals surface area contributed by atoms with E-state index in [-0.39, 0.29) is 0 Å². The first-order valence-electron chi connectivity index (χ1n) is 7.04. The minimum absolute atomic E-state index is 0.317. The van der Waals surface area contributed by atoms with E-state index in [0.29, 0.717) is 24.6 Å². The zero-order valence-corrected chi connectivity index (χ0v) is 13.7. The van der Waals surface area contributed by atoms with Crippen molar-refractivity contribution in [1.82, 2.24) is 15.5 Å². The summed E-state index contributed by atoms with van der Waals surface area (Å²) in [6, 6.07) is 4.02. The van der Waals surface area contributed by atoms with Crippen LogP contribution in [0.2, 0.25) is 0 Å². The Morgan fingerprint density at radius 3 is 2.48 bits per heavy atom. The van der Waals surface area contributed by atoms with Crippen molar-refractivity contribution < 1.29 is 9.63 Å². The Morgan fingerprint density at radius 2 is 1.86 bits per heavy atom. The van der Waals surface area contributed by atoms with Gasteiger partial charge in [0.15, 0.2) is 0 Å². The number of aromatic nitrogens is 2. The van der Waals surface area contributed by atoms with Crippen LogP contribution < -0.4 is 5.32 Å². The molecule has 2 aromatic rings. The number of nitrogens with zero attached hydrogens (tertiary/aromatic N) is 2. The van der Waals surface area contributed by atoms with E-state index in [1.54, 1.807) is 0 Å². The Balaban J connectivity index is 1.95. The van der Waals surface area contributed by atoms with Gasteiger partial charge in [0.25, 0.3) is 5.89 Å². The Hall–Kier alpha value is -1.24. The van der Waals surface area contributed by atoms with Gasteiger partial charge in [0.1, 0.15) is 5.60 Å². The Bertz CT molecular complexity index is 640. The van der Waals surface area contributed by atoms with E-state index >= 15 is 0 Å². The van der Waals surface area contributed by atoms with Gasteiger partial charge in [-0.2, -0.15) is 4.98 Å². The SMILES string of the molecule is Cc1cc(-c2noc(C3(O)CCNCC3)n2)cc(C)c1Br. The highest BCUT2D eigenvalue weighted by Gasteiger charge is 2.37. The molecule has 1 aliphatic rings. The molecule has 112 valence electrons. The third-order valence-corrected chi connectivity index (χ3v) is 5.20. The summed E-state index contributed by atoms with van der Waals surface area (Å²) < 4.78 is 6.41. The Labute approximate surface area is 131 Å². The van der Waals surface area contributed by atoms with Crippen LogP contribution in [-0.2, 0) is 5.60 Å². The topological polar surface area (TPSA) is 71.2 Å². The van der Waals surface area contributed by atoms with E-state index in [1.165, 1.54) is 0 Å². The van der Waals surface area contributed by atoms with E-state index in [1.807, 2.05) is 26.0 Å². The Kier molecular flexibility index (Phi) is 3.86. The summed E-state index contributed by atoms with van der Waals surface area (Å²) >= 11 is 3.55. The third-order valence-electron chi connectivity index (χ3n) is 3.95. The molecule has 0 saturated carbocycles. The van der Waals surface area contributed by atoms with Crippen molar-refractivity contribution in [3.8, 4) is 11.4 Å². The molecule has 1 saturated heterocycles. The molecule has 21 heavy (non-hydrogen) atoms. The monoisotopic (exact) mass is 351 g/mol. The largest absolute Gasteiger partial charge is 0.380 e. The number of rotatable bonds is 2. The summed E-state index contributed by atoms with van der Waals surface area (Å²) in [5.74, 6) is 0.841. The lowest BCUT2D eigenvalue weighted by Crippen LogP contribution is -2.39. The van der Waals surface area contributed by atoms with Crippen LogP contribution in [0.5, 0.6) is 0 Å². The average molecular weight is 352 g/mol. The lowest BCUT2D eigenvalue weighted by Gasteiger charge is -2.28. The van der Waals surface area contributed by atoms with Crippen LogP contribution in [0.15, 0.2) is 21.1 Å². The van der Waals surface area contributed by atoms with E-state index < -0.39 is 5.60 Å². The van der Waals surface area contributed by atoms with E-state index in [2.05, 4.69) is 31.4 Å². The van der Waals surface area contributed by atoms with Crippen molar-refractivity contribution in [2.24, 2.45) is 0 Å². The van der Waals surface area contributed by atoms with Crippen LogP contribution in [0.4, 0.5) is 0 Å². The predicted octanol–water partition coefficient (Wildman–Crippen LogP) is 2.69. The highest BCUT2D eigenvalue weighted by atomic mass is 79.9. The maximum atomic E-state index is 10.6. The highest BCUT2D eigenvalue weighted by molar-refractivity contribution is 9.10. The second-order valence-corrected chi connectivity index (χ2v) is 6.42. The molecule has 2 heterocycles. The number of nitrogens with one attached hydrogen (secondary N) is 1. The van der Waals surface area contributed by atoms with Gasteiger partial charge in [0.2, 0.25) is 5.82 Å². The summed E-state index contributed by atoms with van der Waals surface area (Å²) in [6.45, 7) is 5.57. The molecule has 0 atom stereocenters. The van der Waals surface area contributed by atoms with Crippen molar-refractivity contribution in [3.63, 3.8) is 0 Å². The minimum atomic E-state index is -1.00. The fraction of sp³-hybridized carbons (Fsp3) is 0.467. The summed E-state index contributed by atoms with van der Waals surface area (Å²) in [5, 5.41) is 17.9. The molecule has 3 rings (SSSR count). The van der Waals surface area contributed by atoms with Crippen LogP contribution >= 0.6 is 15.9 Å². The number of aryl methyl sites for hydroxylation is 2. The summed E-state index contributed by atoms with van der Waals surface area (Å²) in [6.07, 6.45) is 1.18. The highest BCUT2D eigenvalue weighted by Crippen LogP contribution is 2.32. The first kappa shape index (κ1) is 14.7. The molecular weight excluding hydrogens is 334 g/mol. The number of hydrogen-bond acceptors (Lipinski definition) is 5. The minimum Gasteiger partial charge on any atom is -0.380 e. The number of aliphatic hydroxyl groups is 1. The fourth-order valence-corrected chi connectivity index (χ4v) is 2.89. The molecule has 1 aliphatic heterocycles. The quantitative estimate of drug-likeness (QED) is 0.870. The van der Waals surface area contributed by atoms with Crippen molar-refractivity contribution >= 4 is 15.9 Å². The van der Waals surface area contributed by atoms with E-state index in [0.717, 1.165) is 34.3 Å². The summed E-state index contributed by atoms with van der Waals surface area (Å²) in [7, 11) is 0. The first-order chi connectivity index (χ1) is 9.99. The number of hydrogen-bond donors (Lipinski definition) is 2. The molecule has 0 radical (unpaired) electrons. The zero-order chi connectivity index (χ0) is 15.0. The predicted molar refractivity (Wildman–Crippen MR) is 82.9 cm³/mol. The first-order valence-corrected chi connectivity index (χ1v) is 7.83. The molecule has 1 fully saturated rings. The molecule has 6 heteroatoms. The van der Waals surface area contributed by atoms with Gasteiger partial charge in [-0.15, -0.1) is 0 Å². The molecule has 1 aromatic carbocycles. The van der Waals surface area contributed by atoms with Gasteiger partial charge in [0.05, 0.1) is 0 Å². The van der Waals surface area contributed by atoms with Crippen molar-refractivity contribution in [2.45, 2.75) is 32.3 Å². The van der Waals surface area contributed by atoms with Crippen LogP contribution in [0.3, 0.4) is 0 Å². The number of halogens is 1. The van der Waals surface area contributed by atoms with Gasteiger partial charge in [-0.05, 0) is 63.0 Å². The van der Waals surface area contributed by atoms with E-state index in [9.17, 15) is 5.11 Å². The van der Waals surface area contributed by atoms with Gasteiger partial charge < -0.3 is 14.9 Å². The molecular formula is C15H18BrN3O2. The lowest BCUT2D eigenvalue weighted by atomic mass is 9.92. The van der Waals surface area contributed by atoms with Crippen molar-refractivity contribution in [1.29, 1.82) is 0 Å². The second kappa shape index (κ2) is 5.51. The normalized spacial score (nSPS) is 17.9. The zero-order valence-electron chi connectivity index (χ0n) is 12.1. The molecule has 0 spiro atoms. The van der Waals surface area contributed by atoms with Crippen LogP contribution in [0.1, 0.15) is 29.9 Å². The maximum Gasteiger partial charge on any atom is 0.259 e. The fourth-order valence-electron chi connectivity index (χ4n) is 2.66. The molecule has 0 bridgehead atoms. The lowest BCUT2D eigenvalue weighted by molar-refractivity contribution is -0.0228. The standard InChI is InChI=1S/C15H18BrN3O2/c1-9-7-11(8-10(2)12(9)16)13-18-14(21-19-13)15(20)3-5-17-6-4-15/h7-8,17,20H,3-6H2,1-2H3.